The number of anilines is 1. The summed E-state index contributed by atoms with van der Waals surface area (Å²) in [6, 6.07) is 20.6. The van der Waals surface area contributed by atoms with Gasteiger partial charge in [0.15, 0.2) is 0 Å². The first-order valence-corrected chi connectivity index (χ1v) is 9.36. The van der Waals surface area contributed by atoms with E-state index in [9.17, 15) is 0 Å². The van der Waals surface area contributed by atoms with Crippen molar-refractivity contribution >= 4 is 16.8 Å². The molecule has 0 atom stereocenters. The van der Waals surface area contributed by atoms with Crippen molar-refractivity contribution in [3.63, 3.8) is 0 Å². The first-order valence-electron chi connectivity index (χ1n) is 9.36. The summed E-state index contributed by atoms with van der Waals surface area (Å²) < 4.78 is 0. The van der Waals surface area contributed by atoms with Gasteiger partial charge >= 0.3 is 0 Å². The van der Waals surface area contributed by atoms with Crippen LogP contribution in [0.2, 0.25) is 0 Å². The average Bonchev–Trinajstić information content (AvgIpc) is 2.75. The Morgan fingerprint density at radius 3 is 2.36 bits per heavy atom. The number of nitrogens with zero attached hydrogens (tertiary/aromatic N) is 3. The van der Waals surface area contributed by atoms with Crippen LogP contribution in [0.15, 0.2) is 72.4 Å². The molecule has 2 aromatic heterocycles. The van der Waals surface area contributed by atoms with E-state index < -0.39 is 0 Å². The Morgan fingerprint density at radius 2 is 1.64 bits per heavy atom. The number of hydrogen-bond acceptors (Lipinski definition) is 4. The predicted octanol–water partition coefficient (Wildman–Crippen LogP) is 4.43. The summed E-state index contributed by atoms with van der Waals surface area (Å²) in [4.78, 5) is 11.4. The SMILES string of the molecule is CC1=C(c2ccc(N(C)C)cc2)CN[C]=C1c1cccc(-c2ccccn2)n1. The van der Waals surface area contributed by atoms with Gasteiger partial charge < -0.3 is 10.2 Å². The molecule has 1 N–H and O–H groups in total. The van der Waals surface area contributed by atoms with Gasteiger partial charge in [-0.25, -0.2) is 4.98 Å². The van der Waals surface area contributed by atoms with Crippen molar-refractivity contribution in [2.75, 3.05) is 25.5 Å². The van der Waals surface area contributed by atoms with Gasteiger partial charge in [0.1, 0.15) is 0 Å². The van der Waals surface area contributed by atoms with E-state index >= 15 is 0 Å². The smallest absolute Gasteiger partial charge is 0.0893 e. The van der Waals surface area contributed by atoms with E-state index in [0.717, 1.165) is 29.2 Å². The monoisotopic (exact) mass is 367 g/mol. The molecule has 0 spiro atoms. The third kappa shape index (κ3) is 3.54. The first-order chi connectivity index (χ1) is 13.6. The molecule has 28 heavy (non-hydrogen) atoms. The normalized spacial score (nSPS) is 13.8. The number of rotatable bonds is 4. The Labute approximate surface area is 166 Å². The zero-order chi connectivity index (χ0) is 19.5. The molecular weight excluding hydrogens is 344 g/mol. The number of dihydropyridines is 1. The summed E-state index contributed by atoms with van der Waals surface area (Å²) >= 11 is 0. The van der Waals surface area contributed by atoms with Crippen LogP contribution in [0.4, 0.5) is 5.69 Å². The van der Waals surface area contributed by atoms with Crippen LogP contribution in [0.5, 0.6) is 0 Å². The Morgan fingerprint density at radius 1 is 0.893 bits per heavy atom. The van der Waals surface area contributed by atoms with Gasteiger partial charge in [0.05, 0.1) is 23.3 Å². The maximum atomic E-state index is 4.84. The fraction of sp³-hybridized carbons (Fsp3) is 0.167. The maximum Gasteiger partial charge on any atom is 0.0893 e. The molecule has 139 valence electrons. The van der Waals surface area contributed by atoms with Crippen LogP contribution in [0, 0.1) is 6.20 Å². The molecule has 0 unspecified atom stereocenters. The number of nitrogens with one attached hydrogen (secondary N) is 1. The lowest BCUT2D eigenvalue weighted by atomic mass is 9.92. The molecule has 1 radical (unpaired) electrons. The Bertz CT molecular complexity index is 1030. The lowest BCUT2D eigenvalue weighted by Crippen LogP contribution is -2.18. The van der Waals surface area contributed by atoms with Gasteiger partial charge in [-0.3, -0.25) is 4.98 Å². The average molecular weight is 367 g/mol. The van der Waals surface area contributed by atoms with Crippen LogP contribution < -0.4 is 10.2 Å². The second-order valence-electron chi connectivity index (χ2n) is 7.02. The van der Waals surface area contributed by atoms with Crippen LogP contribution in [0.25, 0.3) is 22.5 Å². The van der Waals surface area contributed by atoms with Crippen molar-refractivity contribution in [3.8, 4) is 11.4 Å². The highest BCUT2D eigenvalue weighted by molar-refractivity contribution is 5.89. The minimum atomic E-state index is 0.760. The fourth-order valence-corrected chi connectivity index (χ4v) is 3.36. The molecule has 4 heteroatoms. The Balaban J connectivity index is 1.70. The lowest BCUT2D eigenvalue weighted by molar-refractivity contribution is 0.946. The molecule has 3 aromatic rings. The van der Waals surface area contributed by atoms with Crippen LogP contribution in [0.1, 0.15) is 18.2 Å². The molecule has 4 rings (SSSR count). The highest BCUT2D eigenvalue weighted by atomic mass is 15.1. The van der Waals surface area contributed by atoms with Crippen molar-refractivity contribution in [2.45, 2.75) is 6.92 Å². The topological polar surface area (TPSA) is 41.0 Å². The van der Waals surface area contributed by atoms with Gasteiger partial charge in [-0.2, -0.15) is 0 Å². The van der Waals surface area contributed by atoms with Crippen molar-refractivity contribution in [2.24, 2.45) is 0 Å². The van der Waals surface area contributed by atoms with Gasteiger partial charge in [0.25, 0.3) is 0 Å². The summed E-state index contributed by atoms with van der Waals surface area (Å²) in [7, 11) is 4.11. The maximum absolute atomic E-state index is 4.84. The second-order valence-corrected chi connectivity index (χ2v) is 7.02. The Kier molecular flexibility index (Phi) is 4.94. The summed E-state index contributed by atoms with van der Waals surface area (Å²) in [6.07, 6.45) is 5.10. The van der Waals surface area contributed by atoms with Gasteiger partial charge in [0, 0.05) is 38.1 Å². The number of benzene rings is 1. The van der Waals surface area contributed by atoms with Crippen molar-refractivity contribution in [1.82, 2.24) is 15.3 Å². The molecule has 0 bridgehead atoms. The molecule has 1 aromatic carbocycles. The zero-order valence-corrected chi connectivity index (χ0v) is 16.4. The van der Waals surface area contributed by atoms with Gasteiger partial charge in [-0.1, -0.05) is 24.3 Å². The van der Waals surface area contributed by atoms with E-state index in [2.05, 4.69) is 66.7 Å². The van der Waals surface area contributed by atoms with Crippen LogP contribution in [0.3, 0.4) is 0 Å². The molecule has 0 aliphatic carbocycles. The molecule has 0 amide bonds. The van der Waals surface area contributed by atoms with Crippen molar-refractivity contribution in [1.29, 1.82) is 0 Å². The number of aromatic nitrogens is 2. The summed E-state index contributed by atoms with van der Waals surface area (Å²) in [6.45, 7) is 2.91. The third-order valence-corrected chi connectivity index (χ3v) is 4.97. The first kappa shape index (κ1) is 18.0. The zero-order valence-electron chi connectivity index (χ0n) is 16.4. The molecule has 1 aliphatic rings. The summed E-state index contributed by atoms with van der Waals surface area (Å²) in [5.74, 6) is 0. The molecule has 3 heterocycles. The molecule has 0 saturated carbocycles. The second kappa shape index (κ2) is 7.69. The molecule has 1 aliphatic heterocycles. The molecule has 4 nitrogen and oxygen atoms in total. The van der Waals surface area contributed by atoms with E-state index in [-0.39, 0.29) is 0 Å². The van der Waals surface area contributed by atoms with Crippen LogP contribution in [-0.4, -0.2) is 30.6 Å². The molecule has 0 fully saturated rings. The van der Waals surface area contributed by atoms with E-state index in [1.54, 1.807) is 6.20 Å². The van der Waals surface area contributed by atoms with Gasteiger partial charge in [0.2, 0.25) is 0 Å². The number of pyridine rings is 2. The standard InChI is InChI=1S/C24H23N4/c1-17-20(18-10-12-19(13-11-18)28(2)3)15-25-16-21(17)22-8-6-9-24(27-22)23-7-4-5-14-26-23/h4-14,25H,15H2,1-3H3. The lowest BCUT2D eigenvalue weighted by Gasteiger charge is -2.21. The van der Waals surface area contributed by atoms with Crippen LogP contribution in [-0.2, 0) is 0 Å². The third-order valence-electron chi connectivity index (χ3n) is 4.97. The highest BCUT2D eigenvalue weighted by Gasteiger charge is 2.17. The summed E-state index contributed by atoms with van der Waals surface area (Å²) in [5.41, 5.74) is 8.50. The molecule has 0 saturated heterocycles. The minimum absolute atomic E-state index is 0.760. The van der Waals surface area contributed by atoms with E-state index in [4.69, 9.17) is 4.98 Å². The van der Waals surface area contributed by atoms with Crippen molar-refractivity contribution < 1.29 is 0 Å². The largest absolute Gasteiger partial charge is 0.379 e. The minimum Gasteiger partial charge on any atom is -0.379 e. The quantitative estimate of drug-likeness (QED) is 0.741. The van der Waals surface area contributed by atoms with Gasteiger partial charge in [-0.15, -0.1) is 0 Å². The van der Waals surface area contributed by atoms with E-state index in [1.165, 1.54) is 22.4 Å². The van der Waals surface area contributed by atoms with Gasteiger partial charge in [-0.05, 0) is 60.0 Å². The number of allylic oxidation sites excluding steroid dienone is 2. The predicted molar refractivity (Wildman–Crippen MR) is 115 cm³/mol. The van der Waals surface area contributed by atoms with Crippen molar-refractivity contribution in [3.05, 3.63) is 89.9 Å². The Hall–Kier alpha value is -3.40. The molecular formula is C24H23N4. The van der Waals surface area contributed by atoms with E-state index in [0.29, 0.717) is 0 Å². The fourth-order valence-electron chi connectivity index (χ4n) is 3.36. The van der Waals surface area contributed by atoms with E-state index in [1.807, 2.05) is 36.4 Å². The van der Waals surface area contributed by atoms with Crippen LogP contribution >= 0.6 is 0 Å². The summed E-state index contributed by atoms with van der Waals surface area (Å²) in [5, 5.41) is 3.30. The number of hydrogen-bond donors (Lipinski definition) is 1. The highest BCUT2D eigenvalue weighted by Crippen LogP contribution is 2.32.